The summed E-state index contributed by atoms with van der Waals surface area (Å²) in [4.78, 5) is 10.1. The Hall–Kier alpha value is -1.09. The highest BCUT2D eigenvalue weighted by Crippen LogP contribution is 2.01. The smallest absolute Gasteiger partial charge is 0.304 e. The van der Waals surface area contributed by atoms with E-state index in [0.717, 1.165) is 0 Å². The van der Waals surface area contributed by atoms with Gasteiger partial charge in [-0.3, -0.25) is 4.79 Å². The van der Waals surface area contributed by atoms with E-state index < -0.39 is 15.8 Å². The maximum atomic E-state index is 11.2. The van der Waals surface area contributed by atoms with E-state index in [0.29, 0.717) is 19.3 Å². The second kappa shape index (κ2) is 6.38. The van der Waals surface area contributed by atoms with Gasteiger partial charge in [0.25, 0.3) is 0 Å². The molecular formula is C8H13NO4S. The highest BCUT2D eigenvalue weighted by atomic mass is 32.2. The molecule has 0 bridgehead atoms. The van der Waals surface area contributed by atoms with Crippen LogP contribution in [0.15, 0.2) is 0 Å². The van der Waals surface area contributed by atoms with Crippen molar-refractivity contribution in [3.05, 3.63) is 0 Å². The predicted molar refractivity (Wildman–Crippen MR) is 50.4 cm³/mol. The predicted octanol–water partition coefficient (Wildman–Crippen LogP) is 0.570. The zero-order valence-electron chi connectivity index (χ0n) is 7.77. The van der Waals surface area contributed by atoms with Crippen molar-refractivity contribution >= 4 is 15.8 Å². The van der Waals surface area contributed by atoms with Crippen LogP contribution in [0.25, 0.3) is 0 Å². The molecule has 0 atom stereocenters. The molecular weight excluding hydrogens is 206 g/mol. The molecule has 0 saturated heterocycles. The first-order valence-corrected chi connectivity index (χ1v) is 6.09. The molecule has 80 valence electrons. The van der Waals surface area contributed by atoms with Crippen LogP contribution in [0.1, 0.15) is 25.7 Å². The fourth-order valence-corrected chi connectivity index (χ4v) is 2.20. The van der Waals surface area contributed by atoms with Crippen molar-refractivity contribution in [1.29, 1.82) is 5.26 Å². The second-order valence-electron chi connectivity index (χ2n) is 2.91. The van der Waals surface area contributed by atoms with Crippen molar-refractivity contribution in [3.63, 3.8) is 0 Å². The van der Waals surface area contributed by atoms with E-state index in [1.165, 1.54) is 0 Å². The first-order valence-electron chi connectivity index (χ1n) is 4.27. The van der Waals surface area contributed by atoms with Crippen LogP contribution in [0.2, 0.25) is 0 Å². The molecule has 14 heavy (non-hydrogen) atoms. The number of carbonyl (C=O) groups is 1. The molecule has 0 rings (SSSR count). The minimum Gasteiger partial charge on any atom is -0.481 e. The minimum atomic E-state index is -3.25. The lowest BCUT2D eigenvalue weighted by Gasteiger charge is -2.00. The third-order valence-electron chi connectivity index (χ3n) is 1.62. The molecule has 0 saturated carbocycles. The number of nitriles is 1. The molecule has 0 fully saturated rings. The Morgan fingerprint density at radius 1 is 1.29 bits per heavy atom. The van der Waals surface area contributed by atoms with E-state index in [1.807, 2.05) is 6.07 Å². The Labute approximate surface area is 83.3 Å². The van der Waals surface area contributed by atoms with Gasteiger partial charge in [0.2, 0.25) is 0 Å². The number of rotatable bonds is 7. The van der Waals surface area contributed by atoms with Crippen LogP contribution >= 0.6 is 0 Å². The van der Waals surface area contributed by atoms with Gasteiger partial charge in [-0.1, -0.05) is 0 Å². The highest BCUT2D eigenvalue weighted by Gasteiger charge is 2.12. The van der Waals surface area contributed by atoms with Crippen molar-refractivity contribution in [2.24, 2.45) is 0 Å². The number of aliphatic carboxylic acids is 1. The normalized spacial score (nSPS) is 10.8. The molecule has 0 aliphatic rings. The van der Waals surface area contributed by atoms with Crippen molar-refractivity contribution in [2.45, 2.75) is 25.7 Å². The Kier molecular flexibility index (Phi) is 5.88. The summed E-state index contributed by atoms with van der Waals surface area (Å²) in [6, 6.07) is 1.92. The number of carboxylic acids is 1. The molecule has 0 aliphatic carbocycles. The first-order chi connectivity index (χ1) is 6.48. The summed E-state index contributed by atoms with van der Waals surface area (Å²) < 4.78 is 22.3. The average Bonchev–Trinajstić information content (AvgIpc) is 2.10. The molecule has 0 radical (unpaired) electrons. The number of hydrogen-bond donors (Lipinski definition) is 1. The van der Waals surface area contributed by atoms with E-state index in [2.05, 4.69) is 0 Å². The lowest BCUT2D eigenvalue weighted by Crippen LogP contribution is -2.14. The van der Waals surface area contributed by atoms with E-state index in [1.54, 1.807) is 0 Å². The van der Waals surface area contributed by atoms with Gasteiger partial charge in [-0.25, -0.2) is 8.42 Å². The summed E-state index contributed by atoms with van der Waals surface area (Å²) in [5, 5.41) is 16.5. The van der Waals surface area contributed by atoms with E-state index in [9.17, 15) is 13.2 Å². The lowest BCUT2D eigenvalue weighted by atomic mass is 10.3. The minimum absolute atomic E-state index is 0.0258. The second-order valence-corrected chi connectivity index (χ2v) is 5.21. The molecule has 5 nitrogen and oxygen atoms in total. The summed E-state index contributed by atoms with van der Waals surface area (Å²) in [5.74, 6) is -1.44. The van der Waals surface area contributed by atoms with E-state index >= 15 is 0 Å². The maximum absolute atomic E-state index is 11.2. The Balaban J connectivity index is 3.74. The van der Waals surface area contributed by atoms with Gasteiger partial charge in [0, 0.05) is 6.42 Å². The molecule has 6 heteroatoms. The zero-order chi connectivity index (χ0) is 11.0. The van der Waals surface area contributed by atoms with Crippen molar-refractivity contribution in [3.8, 4) is 6.07 Å². The van der Waals surface area contributed by atoms with Gasteiger partial charge in [-0.15, -0.1) is 0 Å². The Morgan fingerprint density at radius 3 is 2.43 bits per heavy atom. The Morgan fingerprint density at radius 2 is 1.93 bits per heavy atom. The molecule has 1 N–H and O–H groups in total. The first kappa shape index (κ1) is 12.9. The average molecular weight is 219 g/mol. The van der Waals surface area contributed by atoms with Gasteiger partial charge in [-0.2, -0.15) is 5.26 Å². The van der Waals surface area contributed by atoms with Crippen LogP contribution in [-0.2, 0) is 14.6 Å². The summed E-state index contributed by atoms with van der Waals surface area (Å²) in [5.41, 5.74) is 0. The molecule has 0 spiro atoms. The van der Waals surface area contributed by atoms with Gasteiger partial charge in [0.05, 0.1) is 24.0 Å². The van der Waals surface area contributed by atoms with Crippen LogP contribution in [0.3, 0.4) is 0 Å². The van der Waals surface area contributed by atoms with Gasteiger partial charge < -0.3 is 5.11 Å². The fraction of sp³-hybridized carbons (Fsp3) is 0.750. The molecule has 0 aromatic carbocycles. The van der Waals surface area contributed by atoms with E-state index in [4.69, 9.17) is 10.4 Å². The molecule has 0 unspecified atom stereocenters. The number of sulfone groups is 1. The van der Waals surface area contributed by atoms with Gasteiger partial charge >= 0.3 is 5.97 Å². The molecule has 0 amide bonds. The zero-order valence-corrected chi connectivity index (χ0v) is 8.59. The monoisotopic (exact) mass is 219 g/mol. The number of nitrogens with zero attached hydrogens (tertiary/aromatic N) is 1. The van der Waals surface area contributed by atoms with Crippen molar-refractivity contribution in [1.82, 2.24) is 0 Å². The number of unbranched alkanes of at least 4 members (excludes halogenated alkanes) is 2. The third-order valence-corrected chi connectivity index (χ3v) is 3.36. The van der Waals surface area contributed by atoms with Gasteiger partial charge in [-0.05, 0) is 12.8 Å². The number of hydrogen-bond acceptors (Lipinski definition) is 4. The van der Waals surface area contributed by atoms with Crippen molar-refractivity contribution in [2.75, 3.05) is 11.5 Å². The van der Waals surface area contributed by atoms with Crippen molar-refractivity contribution < 1.29 is 18.3 Å². The third kappa shape index (κ3) is 7.55. The largest absolute Gasteiger partial charge is 0.481 e. The van der Waals surface area contributed by atoms with Crippen LogP contribution in [0, 0.1) is 11.3 Å². The highest BCUT2D eigenvalue weighted by molar-refractivity contribution is 7.91. The fourth-order valence-electron chi connectivity index (χ4n) is 0.871. The molecule has 0 heterocycles. The maximum Gasteiger partial charge on any atom is 0.304 e. The van der Waals surface area contributed by atoms with Crippen LogP contribution in [0.4, 0.5) is 0 Å². The Bertz CT molecular complexity index is 315. The summed E-state index contributed by atoms with van der Waals surface area (Å²) >= 11 is 0. The van der Waals surface area contributed by atoms with Gasteiger partial charge in [0.15, 0.2) is 9.84 Å². The van der Waals surface area contributed by atoms with Crippen LogP contribution in [-0.4, -0.2) is 31.0 Å². The van der Waals surface area contributed by atoms with Gasteiger partial charge in [0.1, 0.15) is 0 Å². The van der Waals surface area contributed by atoms with Crippen LogP contribution < -0.4 is 0 Å². The SMILES string of the molecule is N#CCCCCS(=O)(=O)CCC(=O)O. The van der Waals surface area contributed by atoms with E-state index in [-0.39, 0.29) is 17.9 Å². The molecule has 0 aromatic heterocycles. The molecule has 0 aromatic rings. The summed E-state index contributed by atoms with van der Waals surface area (Å²) in [6.07, 6.45) is 0.966. The topological polar surface area (TPSA) is 95.2 Å². The quantitative estimate of drug-likeness (QED) is 0.631. The van der Waals surface area contributed by atoms with Crippen LogP contribution in [0.5, 0.6) is 0 Å². The molecule has 0 aliphatic heterocycles. The lowest BCUT2D eigenvalue weighted by molar-refractivity contribution is -0.136. The summed E-state index contributed by atoms with van der Waals surface area (Å²) in [6.45, 7) is 0. The standard InChI is InChI=1S/C8H13NO4S/c9-5-2-1-3-6-14(12,13)7-4-8(10)11/h1-4,6-7H2,(H,10,11). The summed E-state index contributed by atoms with van der Waals surface area (Å²) in [7, 11) is -3.25. The number of carboxylic acid groups (broad SMARTS) is 1.